The van der Waals surface area contributed by atoms with Crippen molar-refractivity contribution < 1.29 is 36.0 Å². The Hall–Kier alpha value is -6.30. The average Bonchev–Trinajstić information content (AvgIpc) is 3.99. The van der Waals surface area contributed by atoms with Crippen molar-refractivity contribution >= 4 is 53.9 Å². The van der Waals surface area contributed by atoms with Crippen molar-refractivity contribution in [2.45, 2.75) is 55.4 Å². The summed E-state index contributed by atoms with van der Waals surface area (Å²) in [5.74, 6) is 0.282. The number of hydrogen-bond acceptors (Lipinski definition) is 12. The summed E-state index contributed by atoms with van der Waals surface area (Å²) < 4.78 is 65.6. The summed E-state index contributed by atoms with van der Waals surface area (Å²) in [6.45, 7) is 2.57. The standard InChI is InChI=1S/C47H48N6O9S2/c54-47(51-64(59,60)38-12-14-42(44(28-38)53(55)56)49-29-31-16-22-61-23-17-31)41-13-9-34(27-45(41)62-37-26-35-15-20-48-46(35)50-30-37)32-7-10-36(11-8-32)52-21-3-6-43(52)40-5-2-1-4-39(40)33-18-24-63(57,58)25-19-33/h1-2,4-5,7-15,20,26-28,30-31,33,43,49H,3,6,16-19,21-25,29H2,(H,48,50)(H,51,54)/t43-/m1/s1. The summed E-state index contributed by atoms with van der Waals surface area (Å²) in [5.41, 5.74) is 5.33. The highest BCUT2D eigenvalue weighted by Gasteiger charge is 2.32. The normalized spacial score (nSPS) is 18.2. The summed E-state index contributed by atoms with van der Waals surface area (Å²) in [6, 6.07) is 28.6. The predicted molar refractivity (Wildman–Crippen MR) is 244 cm³/mol. The van der Waals surface area contributed by atoms with E-state index in [-0.39, 0.29) is 46.4 Å². The molecule has 1 atom stereocenters. The fraction of sp³-hybridized carbons (Fsp3) is 0.319. The lowest BCUT2D eigenvalue weighted by atomic mass is 9.86. The van der Waals surface area contributed by atoms with Crippen LogP contribution in [0.3, 0.4) is 0 Å². The SMILES string of the molecule is O=C(NS(=O)(=O)c1ccc(NCC2CCOCC2)c([N+](=O)[O-])c1)c1ccc(-c2ccc(N3CCC[C@@H]3c3ccccc3C3CCS(=O)(=O)CC3)cc2)cc1Oc1cnc2[nH]ccc2c1. The molecule has 0 spiro atoms. The van der Waals surface area contributed by atoms with Gasteiger partial charge in [-0.15, -0.1) is 0 Å². The van der Waals surface area contributed by atoms with Gasteiger partial charge < -0.3 is 24.7 Å². The van der Waals surface area contributed by atoms with E-state index in [1.54, 1.807) is 24.4 Å². The number of anilines is 2. The number of aromatic nitrogens is 2. The van der Waals surface area contributed by atoms with Gasteiger partial charge in [0.1, 0.15) is 32.7 Å². The van der Waals surface area contributed by atoms with Crippen LogP contribution in [-0.2, 0) is 24.6 Å². The number of hydrogen-bond donors (Lipinski definition) is 3. The van der Waals surface area contributed by atoms with Crippen molar-refractivity contribution in [1.29, 1.82) is 0 Å². The van der Waals surface area contributed by atoms with Gasteiger partial charge >= 0.3 is 0 Å². The Kier molecular flexibility index (Phi) is 12.1. The zero-order chi connectivity index (χ0) is 44.4. The first kappa shape index (κ1) is 43.0. The topological polar surface area (TPSA) is 203 Å². The summed E-state index contributed by atoms with van der Waals surface area (Å²) in [7, 11) is -7.57. The molecule has 3 N–H and O–H groups in total. The number of nitro groups is 1. The Labute approximate surface area is 371 Å². The molecule has 3 saturated heterocycles. The zero-order valence-electron chi connectivity index (χ0n) is 34.9. The number of aromatic amines is 1. The number of carbonyl (C=O) groups is 1. The number of amides is 1. The molecule has 0 radical (unpaired) electrons. The van der Waals surface area contributed by atoms with Crippen molar-refractivity contribution in [3.63, 3.8) is 0 Å². The van der Waals surface area contributed by atoms with Gasteiger partial charge in [0.05, 0.1) is 39.1 Å². The fourth-order valence-corrected chi connectivity index (χ4v) is 11.6. The molecule has 15 nitrogen and oxygen atoms in total. The summed E-state index contributed by atoms with van der Waals surface area (Å²) in [6.07, 6.45) is 8.11. The maximum absolute atomic E-state index is 13.9. The molecule has 1 amide bonds. The second-order valence-corrected chi connectivity index (χ2v) is 20.6. The largest absolute Gasteiger partial charge is 0.455 e. The van der Waals surface area contributed by atoms with Gasteiger partial charge in [-0.05, 0) is 121 Å². The molecule has 17 heteroatoms. The monoisotopic (exact) mass is 904 g/mol. The molecule has 3 aliphatic heterocycles. The highest BCUT2D eigenvalue weighted by Crippen LogP contribution is 2.42. The van der Waals surface area contributed by atoms with E-state index < -0.39 is 41.3 Å². The molecule has 332 valence electrons. The fourth-order valence-electron chi connectivity index (χ4n) is 9.13. The minimum absolute atomic E-state index is 0.0660. The second kappa shape index (κ2) is 18.1. The van der Waals surface area contributed by atoms with Crippen molar-refractivity contribution in [2.75, 3.05) is 48.0 Å². The van der Waals surface area contributed by atoms with E-state index in [0.29, 0.717) is 49.6 Å². The molecule has 4 aromatic carbocycles. The van der Waals surface area contributed by atoms with E-state index in [2.05, 4.69) is 55.2 Å². The minimum atomic E-state index is -4.59. The molecule has 0 unspecified atom stereocenters. The first-order valence-electron chi connectivity index (χ1n) is 21.5. The molecule has 64 heavy (non-hydrogen) atoms. The van der Waals surface area contributed by atoms with Crippen LogP contribution < -0.4 is 19.7 Å². The lowest BCUT2D eigenvalue weighted by Crippen LogP contribution is -2.31. The van der Waals surface area contributed by atoms with Crippen molar-refractivity contribution in [1.82, 2.24) is 14.7 Å². The Morgan fingerprint density at radius 2 is 1.66 bits per heavy atom. The second-order valence-electron chi connectivity index (χ2n) is 16.7. The number of H-pyrrole nitrogens is 1. The number of nitrogens with one attached hydrogen (secondary N) is 3. The average molecular weight is 905 g/mol. The Bertz CT molecular complexity index is 2920. The number of sulfonamides is 1. The van der Waals surface area contributed by atoms with Gasteiger partial charge in [0.25, 0.3) is 21.6 Å². The van der Waals surface area contributed by atoms with Crippen LogP contribution in [0, 0.1) is 16.0 Å². The number of benzene rings is 4. The van der Waals surface area contributed by atoms with Crippen molar-refractivity contribution in [3.8, 4) is 22.6 Å². The van der Waals surface area contributed by atoms with Crippen LogP contribution in [0.4, 0.5) is 17.1 Å². The molecular formula is C47H48N6O9S2. The molecule has 0 aliphatic carbocycles. The third-order valence-electron chi connectivity index (χ3n) is 12.6. The number of nitro benzene ring substituents is 1. The molecule has 0 bridgehead atoms. The first-order chi connectivity index (χ1) is 30.9. The lowest BCUT2D eigenvalue weighted by Gasteiger charge is -2.32. The van der Waals surface area contributed by atoms with E-state index in [9.17, 15) is 31.7 Å². The number of rotatable bonds is 13. The molecule has 0 saturated carbocycles. The third kappa shape index (κ3) is 9.32. The number of sulfone groups is 1. The number of carbonyl (C=O) groups excluding carboxylic acids is 1. The van der Waals surface area contributed by atoms with Gasteiger partial charge in [-0.3, -0.25) is 14.9 Å². The van der Waals surface area contributed by atoms with Crippen LogP contribution in [0.1, 0.15) is 72.0 Å². The number of fused-ring (bicyclic) bond motifs is 1. The van der Waals surface area contributed by atoms with Crippen LogP contribution in [0.2, 0.25) is 0 Å². The maximum atomic E-state index is 13.9. The van der Waals surface area contributed by atoms with Gasteiger partial charge in [-0.2, -0.15) is 0 Å². The van der Waals surface area contributed by atoms with Crippen LogP contribution in [0.25, 0.3) is 22.2 Å². The Morgan fingerprint density at radius 3 is 2.42 bits per heavy atom. The highest BCUT2D eigenvalue weighted by atomic mass is 32.2. The van der Waals surface area contributed by atoms with E-state index >= 15 is 0 Å². The summed E-state index contributed by atoms with van der Waals surface area (Å²) >= 11 is 0. The lowest BCUT2D eigenvalue weighted by molar-refractivity contribution is -0.384. The van der Waals surface area contributed by atoms with E-state index in [4.69, 9.17) is 9.47 Å². The van der Waals surface area contributed by atoms with Gasteiger partial charge in [0.2, 0.25) is 0 Å². The van der Waals surface area contributed by atoms with E-state index in [1.807, 2.05) is 24.3 Å². The van der Waals surface area contributed by atoms with Crippen LogP contribution in [0.5, 0.6) is 11.5 Å². The molecule has 3 fully saturated rings. The maximum Gasteiger partial charge on any atom is 0.293 e. The van der Waals surface area contributed by atoms with Gasteiger partial charge in [-0.1, -0.05) is 42.5 Å². The number of ether oxygens (including phenoxy) is 2. The van der Waals surface area contributed by atoms with Crippen molar-refractivity contribution in [3.05, 3.63) is 136 Å². The van der Waals surface area contributed by atoms with Crippen LogP contribution in [-0.4, -0.2) is 75.4 Å². The quantitative estimate of drug-likeness (QED) is 0.0738. The van der Waals surface area contributed by atoms with Crippen LogP contribution in [0.15, 0.2) is 114 Å². The molecule has 5 heterocycles. The summed E-state index contributed by atoms with van der Waals surface area (Å²) in [4.78, 5) is 34.8. The van der Waals surface area contributed by atoms with Crippen molar-refractivity contribution in [2.24, 2.45) is 5.92 Å². The molecular weight excluding hydrogens is 857 g/mol. The van der Waals surface area contributed by atoms with E-state index in [0.717, 1.165) is 54.9 Å². The molecule has 2 aromatic heterocycles. The smallest absolute Gasteiger partial charge is 0.293 e. The van der Waals surface area contributed by atoms with Crippen LogP contribution >= 0.6 is 0 Å². The minimum Gasteiger partial charge on any atom is -0.455 e. The van der Waals surface area contributed by atoms with Gasteiger partial charge in [0, 0.05) is 49.6 Å². The Balaban J connectivity index is 0.971. The molecule has 9 rings (SSSR count). The molecule has 3 aliphatic rings. The van der Waals surface area contributed by atoms with E-state index in [1.165, 1.54) is 35.5 Å². The van der Waals surface area contributed by atoms with Gasteiger partial charge in [0.15, 0.2) is 0 Å². The number of nitrogens with zero attached hydrogens (tertiary/aromatic N) is 3. The third-order valence-corrected chi connectivity index (χ3v) is 15.6. The zero-order valence-corrected chi connectivity index (χ0v) is 36.6. The highest BCUT2D eigenvalue weighted by molar-refractivity contribution is 7.91. The summed E-state index contributed by atoms with van der Waals surface area (Å²) in [5, 5.41) is 15.9. The van der Waals surface area contributed by atoms with Gasteiger partial charge in [-0.25, -0.2) is 26.5 Å². The Morgan fingerprint density at radius 1 is 0.906 bits per heavy atom. The predicted octanol–water partition coefficient (Wildman–Crippen LogP) is 8.52. The molecule has 6 aromatic rings. The first-order valence-corrected chi connectivity index (χ1v) is 24.8. The number of pyridine rings is 1.